The number of hydrogen-bond donors (Lipinski definition) is 8. The summed E-state index contributed by atoms with van der Waals surface area (Å²) in [6.07, 6.45) is 5.91. The zero-order valence-corrected chi connectivity index (χ0v) is 52.2. The van der Waals surface area contributed by atoms with Crippen molar-refractivity contribution in [3.8, 4) is 11.1 Å². The lowest BCUT2D eigenvalue weighted by Crippen LogP contribution is -2.51. The van der Waals surface area contributed by atoms with Crippen LogP contribution in [0.3, 0.4) is 0 Å². The van der Waals surface area contributed by atoms with Crippen molar-refractivity contribution in [3.05, 3.63) is 48.5 Å². The molecule has 3 fully saturated rings. The molecular formula is C51H78N4O17S8. The van der Waals surface area contributed by atoms with Crippen LogP contribution >= 0.6 is 64.8 Å². The van der Waals surface area contributed by atoms with Crippen LogP contribution in [-0.4, -0.2) is 163 Å². The number of aliphatic carboxylic acids is 4. The second kappa shape index (κ2) is 36.2. The van der Waals surface area contributed by atoms with Crippen molar-refractivity contribution >= 4 is 121 Å². The van der Waals surface area contributed by atoms with E-state index >= 15 is 0 Å². The number of carboxylic acid groups (broad SMARTS) is 4. The van der Waals surface area contributed by atoms with Crippen LogP contribution in [-0.2, 0) is 62.1 Å². The van der Waals surface area contributed by atoms with Crippen LogP contribution in [0, 0.1) is 23.7 Å². The van der Waals surface area contributed by atoms with Crippen LogP contribution in [0.5, 0.6) is 0 Å². The normalized spacial score (nSPS) is 23.3. The van der Waals surface area contributed by atoms with Crippen LogP contribution in [0.4, 0.5) is 0 Å². The highest BCUT2D eigenvalue weighted by Crippen LogP contribution is 2.35. The van der Waals surface area contributed by atoms with Gasteiger partial charge in [0, 0.05) is 58.9 Å². The van der Waals surface area contributed by atoms with Gasteiger partial charge in [0.15, 0.2) is 0 Å². The summed E-state index contributed by atoms with van der Waals surface area (Å²) < 4.78 is 64.5. The van der Waals surface area contributed by atoms with E-state index in [9.17, 15) is 50.7 Å². The summed E-state index contributed by atoms with van der Waals surface area (Å²) >= 11 is 0. The van der Waals surface area contributed by atoms with Gasteiger partial charge >= 0.3 is 29.8 Å². The monoisotopic (exact) mass is 1270 g/mol. The number of Topliss-reactive ketones (excluding diaryl/α,β-unsaturated/α-hetero) is 1. The van der Waals surface area contributed by atoms with Gasteiger partial charge in [-0.3, -0.25) is 37.1 Å². The van der Waals surface area contributed by atoms with E-state index in [0.717, 1.165) is 42.6 Å². The third kappa shape index (κ3) is 24.1. The van der Waals surface area contributed by atoms with E-state index in [0.29, 0.717) is 72.6 Å². The summed E-state index contributed by atoms with van der Waals surface area (Å²) in [4.78, 5) is 66.3. The molecule has 3 saturated carbocycles. The largest absolute Gasteiger partial charge is 0.481 e. The minimum absolute atomic E-state index is 0.0356. The highest BCUT2D eigenvalue weighted by Gasteiger charge is 2.41. The minimum Gasteiger partial charge on any atom is -0.481 e. The van der Waals surface area contributed by atoms with Gasteiger partial charge in [-0.15, -0.1) is 0 Å². The quantitative estimate of drug-likeness (QED) is 0.0182. The number of carbonyl (C=O) groups is 6. The van der Waals surface area contributed by atoms with Gasteiger partial charge in [0.2, 0.25) is 0 Å². The predicted octanol–water partition coefficient (Wildman–Crippen LogP) is 7.12. The summed E-state index contributed by atoms with van der Waals surface area (Å²) in [6, 6.07) is 10.7. The van der Waals surface area contributed by atoms with E-state index in [1.807, 2.05) is 13.8 Å². The van der Waals surface area contributed by atoms with Crippen LogP contribution in [0.15, 0.2) is 58.3 Å². The topological polar surface area (TPSA) is 355 Å². The van der Waals surface area contributed by atoms with Crippen LogP contribution in [0.25, 0.3) is 11.1 Å². The first-order valence-electron chi connectivity index (χ1n) is 26.1. The number of carbonyl (C=O) groups excluding carboxylic acids is 2. The molecule has 8 rings (SSSR count). The molecule has 3 aliphatic carbocycles. The Morgan fingerprint density at radius 3 is 1.24 bits per heavy atom. The van der Waals surface area contributed by atoms with Crippen LogP contribution < -0.4 is 22.1 Å². The molecule has 0 spiro atoms. The molecule has 10 N–H and O–H groups in total. The highest BCUT2D eigenvalue weighted by molar-refractivity contribution is 8.77. The summed E-state index contributed by atoms with van der Waals surface area (Å²) in [5, 5.41) is 41.5. The van der Waals surface area contributed by atoms with Gasteiger partial charge in [0.25, 0.3) is 20.2 Å². The average molecular weight is 1280 g/mol. The second-order valence-corrected chi connectivity index (χ2v) is 30.2. The number of rotatable bonds is 28. The van der Waals surface area contributed by atoms with Crippen molar-refractivity contribution in [1.82, 2.24) is 10.6 Å². The maximum Gasteiger partial charge on any atom is 0.323 e. The zero-order chi connectivity index (χ0) is 59.7. The first kappa shape index (κ1) is 71.5. The molecule has 6 unspecified atom stereocenters. The van der Waals surface area contributed by atoms with Gasteiger partial charge in [-0.25, -0.2) is 0 Å². The lowest BCUT2D eigenvalue weighted by molar-refractivity contribution is -0.143. The van der Waals surface area contributed by atoms with E-state index in [4.69, 9.17) is 39.9 Å². The number of esters is 1. The van der Waals surface area contributed by atoms with Gasteiger partial charge in [0.1, 0.15) is 42.2 Å². The summed E-state index contributed by atoms with van der Waals surface area (Å²) in [5.41, 5.74) is 12.0. The van der Waals surface area contributed by atoms with Gasteiger partial charge in [0.05, 0.1) is 22.8 Å². The molecule has 80 heavy (non-hydrogen) atoms. The number of methoxy groups -OCH3 is 1. The molecule has 12 atom stereocenters. The highest BCUT2D eigenvalue weighted by atomic mass is 33.1. The fourth-order valence-corrected chi connectivity index (χ4v) is 17.2. The third-order valence-electron chi connectivity index (χ3n) is 13.7. The number of nitrogens with one attached hydrogen (secondary N) is 2. The van der Waals surface area contributed by atoms with E-state index in [1.165, 1.54) is 81.0 Å². The molecular weight excluding hydrogens is 1200 g/mol. The number of benzene rings is 2. The Balaban J connectivity index is 0.000000285. The number of ether oxygens (including phenoxy) is 1. The molecule has 2 aromatic rings. The molecule has 3 heterocycles. The van der Waals surface area contributed by atoms with Gasteiger partial charge in [-0.05, 0) is 98.6 Å². The molecule has 0 saturated heterocycles. The molecule has 21 nitrogen and oxygen atoms in total. The van der Waals surface area contributed by atoms with E-state index in [2.05, 4.69) is 31.4 Å². The van der Waals surface area contributed by atoms with Gasteiger partial charge in [-0.1, -0.05) is 124 Å². The fourth-order valence-electron chi connectivity index (χ4n) is 7.56. The SMILES string of the molecule is CCC(=O)[C@@H](CC)CSSC[C@@H](NC1CCC1C)C(=O)OC.CC[C@@H](CSSC[C@@H](NC1CCC1C)C(=O)O)C(=O)O.N[C@H](CSSC[C@H](N)C(=O)O)C(=O)O.O=S1(=O)OC2CCC2OS(=O)(=O)c2ccc(cc2)-c2ccc1cc2. The molecule has 452 valence electrons. The number of fused-ring (bicyclic) bond motifs is 2. The Kier molecular flexibility index (Phi) is 32.3. The predicted molar refractivity (Wildman–Crippen MR) is 320 cm³/mol. The zero-order valence-electron chi connectivity index (χ0n) is 45.7. The van der Waals surface area contributed by atoms with Crippen molar-refractivity contribution in [2.24, 2.45) is 35.1 Å². The maximum atomic E-state index is 12.3. The lowest BCUT2D eigenvalue weighted by Gasteiger charge is -2.36. The van der Waals surface area contributed by atoms with E-state index in [-0.39, 0.29) is 45.1 Å². The summed E-state index contributed by atoms with van der Waals surface area (Å²) in [7, 11) is 2.15. The standard InChI is InChI=1S/C16H29NO3S2.C16H14O6S2.C13H23NO4S2.C6H12N2O4S2/c1-5-12(15(18)6-2)9-21-22-10-14(16(19)20-4)17-13-8-7-11(13)3;17-23(18)13-5-1-11(2-6-13)12-3-7-14(8-4-12)24(19,20)22-16-10-9-15(16)21-23;1-3-9(12(15)16)6-19-20-7-11(13(17)18)14-10-5-4-8(10)2;7-3(5(9)10)1-13-14-2-4(8)6(11)12/h11-14,17H,5-10H2,1-4H3;1-8,15-16H,9-10H2;8-11,14H,3-7H2,1-2H3,(H,15,16)(H,17,18);3-4H,1-2,7-8H2,(H,9,10)(H,11,12)/t11?,12-,13?,14+;;8?,9-,10?,11+;3-,4+/m0.0./s1. The number of nitrogens with two attached hydrogens (primary N) is 2. The van der Waals surface area contributed by atoms with Crippen molar-refractivity contribution in [1.29, 1.82) is 0 Å². The molecule has 4 bridgehead atoms. The Bertz CT molecular complexity index is 2410. The second-order valence-electron chi connectivity index (χ2n) is 19.4. The third-order valence-corrected chi connectivity index (χ3v) is 23.8. The first-order valence-corrected chi connectivity index (χ1v) is 36.4. The molecule has 0 radical (unpaired) electrons. The van der Waals surface area contributed by atoms with E-state index < -0.39 is 74.4 Å². The maximum absolute atomic E-state index is 12.3. The van der Waals surface area contributed by atoms with Crippen molar-refractivity contribution < 1.29 is 79.1 Å². The molecule has 3 aliphatic heterocycles. The first-order chi connectivity index (χ1) is 37.8. The average Bonchev–Trinajstić information content (AvgIpc) is 3.42. The number of ketones is 1. The Labute approximate surface area is 494 Å². The summed E-state index contributed by atoms with van der Waals surface area (Å²) in [6.45, 7) is 10.2. The molecule has 2 aromatic carbocycles. The molecule has 6 aliphatic rings. The van der Waals surface area contributed by atoms with Crippen molar-refractivity contribution in [2.45, 2.75) is 151 Å². The Morgan fingerprint density at radius 2 is 0.925 bits per heavy atom. The fraction of sp³-hybridized carbons (Fsp3) is 0.647. The van der Waals surface area contributed by atoms with Crippen molar-refractivity contribution in [3.63, 3.8) is 0 Å². The van der Waals surface area contributed by atoms with Gasteiger partial charge < -0.3 is 47.3 Å². The van der Waals surface area contributed by atoms with E-state index in [1.54, 1.807) is 45.9 Å². The smallest absolute Gasteiger partial charge is 0.323 e. The number of carboxylic acids is 4. The minimum atomic E-state index is -3.96. The lowest BCUT2D eigenvalue weighted by atomic mass is 9.81. The molecule has 29 heteroatoms. The molecule has 0 aromatic heterocycles. The van der Waals surface area contributed by atoms with Gasteiger partial charge in [-0.2, -0.15) is 16.8 Å². The Morgan fingerprint density at radius 1 is 0.550 bits per heavy atom. The molecule has 0 amide bonds. The summed E-state index contributed by atoms with van der Waals surface area (Å²) in [5.74, 6) is 0.293. The van der Waals surface area contributed by atoms with Crippen LogP contribution in [0.1, 0.15) is 92.4 Å². The van der Waals surface area contributed by atoms with Crippen LogP contribution in [0.2, 0.25) is 0 Å². The number of hydrogen-bond acceptors (Lipinski definition) is 23. The Hall–Kier alpha value is -2.78. The van der Waals surface area contributed by atoms with Crippen molar-refractivity contribution in [2.75, 3.05) is 41.6 Å².